The number of amides is 1. The lowest BCUT2D eigenvalue weighted by Crippen LogP contribution is -2.11. The van der Waals surface area contributed by atoms with Gasteiger partial charge in [0.1, 0.15) is 0 Å². The minimum absolute atomic E-state index is 0.000367. The van der Waals surface area contributed by atoms with E-state index in [0.717, 1.165) is 31.2 Å². The van der Waals surface area contributed by atoms with E-state index >= 15 is 0 Å². The summed E-state index contributed by atoms with van der Waals surface area (Å²) in [5, 5.41) is 4.64. The molecule has 4 nitrogen and oxygen atoms in total. The zero-order valence-electron chi connectivity index (χ0n) is 14.4. The highest BCUT2D eigenvalue weighted by Gasteiger charge is 2.12. The van der Waals surface area contributed by atoms with Gasteiger partial charge < -0.3 is 5.32 Å². The summed E-state index contributed by atoms with van der Waals surface area (Å²) in [4.78, 5) is 22.5. The topological polar surface area (TPSA) is 54.9 Å². The number of rotatable bonds is 5. The molecule has 0 fully saturated rings. The van der Waals surface area contributed by atoms with Crippen molar-refractivity contribution in [1.29, 1.82) is 0 Å². The Morgan fingerprint density at radius 2 is 1.69 bits per heavy atom. The van der Waals surface area contributed by atoms with Crippen molar-refractivity contribution in [3.8, 4) is 0 Å². The van der Waals surface area contributed by atoms with Crippen molar-refractivity contribution in [3.63, 3.8) is 0 Å². The Balaban J connectivity index is 1.40. The SMILES string of the molecule is Cc1ccc(SCCC(=O)Nc2nc3ccc4nc(C)sc4c3s2)cc1. The second-order valence-electron chi connectivity index (χ2n) is 5.97. The average molecular weight is 400 g/mol. The standard InChI is InChI=1S/C19H17N3OS3/c1-11-3-5-13(6-4-11)24-10-9-16(23)22-19-21-15-8-7-14-17(18(15)26-19)25-12(2)20-14/h3-8H,9-10H2,1-2H3,(H,21,22,23). The van der Waals surface area contributed by atoms with Crippen LogP contribution in [0.4, 0.5) is 5.13 Å². The minimum Gasteiger partial charge on any atom is -0.302 e. The van der Waals surface area contributed by atoms with Gasteiger partial charge in [0.25, 0.3) is 0 Å². The number of aryl methyl sites for hydroxylation is 2. The number of fused-ring (bicyclic) bond motifs is 3. The minimum atomic E-state index is 0.000367. The second-order valence-corrected chi connectivity index (χ2v) is 9.34. The summed E-state index contributed by atoms with van der Waals surface area (Å²) >= 11 is 4.88. The number of aromatic nitrogens is 2. The summed E-state index contributed by atoms with van der Waals surface area (Å²) in [6, 6.07) is 12.3. The predicted molar refractivity (Wildman–Crippen MR) is 113 cm³/mol. The maximum Gasteiger partial charge on any atom is 0.226 e. The molecule has 0 spiro atoms. The van der Waals surface area contributed by atoms with Gasteiger partial charge in [0.15, 0.2) is 5.13 Å². The zero-order chi connectivity index (χ0) is 18.1. The van der Waals surface area contributed by atoms with E-state index in [1.807, 2.05) is 19.1 Å². The van der Waals surface area contributed by atoms with E-state index in [0.29, 0.717) is 11.6 Å². The molecule has 0 aliphatic rings. The number of hydrogen-bond donors (Lipinski definition) is 1. The van der Waals surface area contributed by atoms with Gasteiger partial charge in [-0.3, -0.25) is 4.79 Å². The van der Waals surface area contributed by atoms with Crippen LogP contribution in [0.5, 0.6) is 0 Å². The maximum atomic E-state index is 12.2. The van der Waals surface area contributed by atoms with Gasteiger partial charge in [-0.15, -0.1) is 23.1 Å². The van der Waals surface area contributed by atoms with Crippen molar-refractivity contribution in [3.05, 3.63) is 47.0 Å². The van der Waals surface area contributed by atoms with Crippen LogP contribution in [0.2, 0.25) is 0 Å². The monoisotopic (exact) mass is 399 g/mol. The van der Waals surface area contributed by atoms with Crippen molar-refractivity contribution in [1.82, 2.24) is 9.97 Å². The number of carbonyl (C=O) groups excluding carboxylic acids is 1. The third kappa shape index (κ3) is 3.75. The fraction of sp³-hybridized carbons (Fsp3) is 0.211. The highest BCUT2D eigenvalue weighted by molar-refractivity contribution is 7.99. The lowest BCUT2D eigenvalue weighted by atomic mass is 10.2. The van der Waals surface area contributed by atoms with E-state index in [4.69, 9.17) is 0 Å². The molecule has 0 radical (unpaired) electrons. The van der Waals surface area contributed by atoms with Crippen LogP contribution in [0, 0.1) is 13.8 Å². The molecule has 132 valence electrons. The number of anilines is 1. The molecule has 2 aromatic heterocycles. The van der Waals surface area contributed by atoms with Gasteiger partial charge >= 0.3 is 0 Å². The van der Waals surface area contributed by atoms with E-state index in [1.165, 1.54) is 21.8 Å². The van der Waals surface area contributed by atoms with Crippen molar-refractivity contribution >= 4 is 65.9 Å². The van der Waals surface area contributed by atoms with Crippen LogP contribution < -0.4 is 5.32 Å². The fourth-order valence-corrected chi connectivity index (χ4v) is 5.49. The Hall–Kier alpha value is -1.96. The molecule has 1 N–H and O–H groups in total. The molecular weight excluding hydrogens is 382 g/mol. The van der Waals surface area contributed by atoms with Crippen molar-refractivity contribution < 1.29 is 4.79 Å². The summed E-state index contributed by atoms with van der Waals surface area (Å²) in [7, 11) is 0. The van der Waals surface area contributed by atoms with Crippen LogP contribution in [0.25, 0.3) is 20.4 Å². The zero-order valence-corrected chi connectivity index (χ0v) is 16.9. The number of nitrogens with one attached hydrogen (secondary N) is 1. The highest BCUT2D eigenvalue weighted by atomic mass is 32.2. The van der Waals surface area contributed by atoms with Gasteiger partial charge in [-0.05, 0) is 38.1 Å². The van der Waals surface area contributed by atoms with Gasteiger partial charge in [0.05, 0.1) is 25.4 Å². The van der Waals surface area contributed by atoms with Gasteiger partial charge in [0.2, 0.25) is 5.91 Å². The Bertz CT molecular complexity index is 1080. The van der Waals surface area contributed by atoms with E-state index in [1.54, 1.807) is 23.1 Å². The normalized spacial score (nSPS) is 11.3. The first-order valence-corrected chi connectivity index (χ1v) is 10.9. The van der Waals surface area contributed by atoms with Crippen molar-refractivity contribution in [2.24, 2.45) is 0 Å². The van der Waals surface area contributed by atoms with Crippen LogP contribution in [-0.2, 0) is 4.79 Å². The quantitative estimate of drug-likeness (QED) is 0.441. The molecule has 4 aromatic rings. The molecule has 0 aliphatic heterocycles. The summed E-state index contributed by atoms with van der Waals surface area (Å²) < 4.78 is 2.24. The number of benzene rings is 2. The van der Waals surface area contributed by atoms with Crippen LogP contribution in [0.3, 0.4) is 0 Å². The second kappa shape index (κ2) is 7.34. The number of nitrogens with zero attached hydrogens (tertiary/aromatic N) is 2. The summed E-state index contributed by atoms with van der Waals surface area (Å²) in [6.07, 6.45) is 0.462. The molecule has 0 bridgehead atoms. The molecule has 2 heterocycles. The summed E-state index contributed by atoms with van der Waals surface area (Å²) in [5.41, 5.74) is 3.15. The van der Waals surface area contributed by atoms with Crippen LogP contribution in [0.15, 0.2) is 41.3 Å². The fourth-order valence-electron chi connectivity index (χ4n) is 2.62. The molecule has 0 atom stereocenters. The van der Waals surface area contributed by atoms with Crippen LogP contribution in [0.1, 0.15) is 17.0 Å². The molecule has 0 saturated heterocycles. The first kappa shape index (κ1) is 17.5. The van der Waals surface area contributed by atoms with E-state index in [-0.39, 0.29) is 5.91 Å². The van der Waals surface area contributed by atoms with Crippen LogP contribution >= 0.6 is 34.4 Å². The Kier molecular flexibility index (Phi) is 4.93. The molecule has 7 heteroatoms. The summed E-state index contributed by atoms with van der Waals surface area (Å²) in [6.45, 7) is 4.08. The molecule has 1 amide bonds. The number of carbonyl (C=O) groups is 1. The van der Waals surface area contributed by atoms with E-state index in [9.17, 15) is 4.79 Å². The van der Waals surface area contributed by atoms with E-state index in [2.05, 4.69) is 46.5 Å². The van der Waals surface area contributed by atoms with Gasteiger partial charge in [-0.1, -0.05) is 29.0 Å². The van der Waals surface area contributed by atoms with E-state index < -0.39 is 0 Å². The molecule has 0 unspecified atom stereocenters. The molecule has 0 saturated carbocycles. The number of thioether (sulfide) groups is 1. The Morgan fingerprint density at radius 3 is 2.46 bits per heavy atom. The predicted octanol–water partition coefficient (Wildman–Crippen LogP) is 5.64. The third-order valence-electron chi connectivity index (χ3n) is 3.88. The highest BCUT2D eigenvalue weighted by Crippen LogP contribution is 2.35. The smallest absolute Gasteiger partial charge is 0.226 e. The van der Waals surface area contributed by atoms with Crippen LogP contribution in [-0.4, -0.2) is 21.6 Å². The summed E-state index contributed by atoms with van der Waals surface area (Å²) in [5.74, 6) is 0.748. The van der Waals surface area contributed by atoms with Gasteiger partial charge in [-0.2, -0.15) is 0 Å². The Labute approximate surface area is 163 Å². The lowest BCUT2D eigenvalue weighted by Gasteiger charge is -2.02. The van der Waals surface area contributed by atoms with Gasteiger partial charge in [-0.25, -0.2) is 9.97 Å². The van der Waals surface area contributed by atoms with Gasteiger partial charge in [0, 0.05) is 17.1 Å². The van der Waals surface area contributed by atoms with Crippen molar-refractivity contribution in [2.75, 3.05) is 11.1 Å². The van der Waals surface area contributed by atoms with Crippen molar-refractivity contribution in [2.45, 2.75) is 25.2 Å². The molecule has 26 heavy (non-hydrogen) atoms. The Morgan fingerprint density at radius 1 is 1.00 bits per heavy atom. The lowest BCUT2D eigenvalue weighted by molar-refractivity contribution is -0.115. The first-order chi connectivity index (χ1) is 12.6. The average Bonchev–Trinajstić information content (AvgIpc) is 3.18. The molecule has 2 aromatic carbocycles. The first-order valence-electron chi connectivity index (χ1n) is 8.24. The number of hydrogen-bond acceptors (Lipinski definition) is 6. The molecule has 0 aliphatic carbocycles. The molecule has 4 rings (SSSR count). The largest absolute Gasteiger partial charge is 0.302 e. The third-order valence-corrected chi connectivity index (χ3v) is 7.04. The molecular formula is C19H17N3OS3. The number of thiazole rings is 2. The maximum absolute atomic E-state index is 12.2.